The fourth-order valence-electron chi connectivity index (χ4n) is 3.81. The normalized spacial score (nSPS) is 15.2. The number of aryl methyl sites for hydroxylation is 2. The number of piperazine rings is 1. The molecule has 0 spiro atoms. The van der Waals surface area contributed by atoms with Gasteiger partial charge in [-0.05, 0) is 42.0 Å². The summed E-state index contributed by atoms with van der Waals surface area (Å²) in [6.07, 6.45) is 0. The molecule has 1 aliphatic rings. The Morgan fingerprint density at radius 3 is 2.63 bits per heavy atom. The molecule has 3 aromatic heterocycles. The van der Waals surface area contributed by atoms with Crippen LogP contribution in [0.15, 0.2) is 35.1 Å². The number of hydrogen-bond donors (Lipinski definition) is 1. The van der Waals surface area contributed by atoms with E-state index in [9.17, 15) is 4.79 Å². The van der Waals surface area contributed by atoms with Crippen LogP contribution in [0.1, 0.15) is 16.3 Å². The van der Waals surface area contributed by atoms with Crippen LogP contribution >= 0.6 is 11.3 Å². The van der Waals surface area contributed by atoms with Gasteiger partial charge in [-0.15, -0.1) is 11.3 Å². The molecular weight excluding hydrogens is 400 g/mol. The molecule has 0 atom stereocenters. The predicted molar refractivity (Wildman–Crippen MR) is 116 cm³/mol. The van der Waals surface area contributed by atoms with Crippen molar-refractivity contribution in [2.75, 3.05) is 31.1 Å². The van der Waals surface area contributed by atoms with Crippen molar-refractivity contribution in [3.8, 4) is 5.69 Å². The second-order valence-corrected chi connectivity index (χ2v) is 8.67. The molecule has 5 rings (SSSR count). The SMILES string of the molecule is Cc1sc2nc(CN3CCN(c4nnnn4-c4ccccc4)CC3)[nH]c(=O)c2c1C. The van der Waals surface area contributed by atoms with E-state index >= 15 is 0 Å². The number of rotatable bonds is 4. The third kappa shape index (κ3) is 3.37. The number of tetrazole rings is 1. The lowest BCUT2D eigenvalue weighted by Crippen LogP contribution is -2.47. The maximum atomic E-state index is 12.5. The first-order valence-corrected chi connectivity index (χ1v) is 10.7. The van der Waals surface area contributed by atoms with Gasteiger partial charge < -0.3 is 9.88 Å². The van der Waals surface area contributed by atoms with Crippen LogP contribution in [0.3, 0.4) is 0 Å². The van der Waals surface area contributed by atoms with Gasteiger partial charge in [-0.25, -0.2) is 4.98 Å². The number of anilines is 1. The number of fused-ring (bicyclic) bond motifs is 1. The Morgan fingerprint density at radius 1 is 1.10 bits per heavy atom. The zero-order valence-corrected chi connectivity index (χ0v) is 17.7. The zero-order valence-electron chi connectivity index (χ0n) is 16.9. The number of thiophene rings is 1. The number of aromatic nitrogens is 6. The molecule has 0 aliphatic carbocycles. The summed E-state index contributed by atoms with van der Waals surface area (Å²) in [5.74, 6) is 1.47. The summed E-state index contributed by atoms with van der Waals surface area (Å²) < 4.78 is 1.77. The van der Waals surface area contributed by atoms with Crippen molar-refractivity contribution in [1.29, 1.82) is 0 Å². The summed E-state index contributed by atoms with van der Waals surface area (Å²) in [5, 5.41) is 13.0. The number of H-pyrrole nitrogens is 1. The Kier molecular flexibility index (Phi) is 4.80. The molecule has 0 unspecified atom stereocenters. The van der Waals surface area contributed by atoms with Gasteiger partial charge in [0.05, 0.1) is 17.6 Å². The first-order valence-electron chi connectivity index (χ1n) is 9.90. The fourth-order valence-corrected chi connectivity index (χ4v) is 4.86. The minimum Gasteiger partial charge on any atom is -0.337 e. The van der Waals surface area contributed by atoms with E-state index in [4.69, 9.17) is 4.98 Å². The summed E-state index contributed by atoms with van der Waals surface area (Å²) in [6.45, 7) is 7.92. The third-order valence-electron chi connectivity index (χ3n) is 5.57. The number of aromatic amines is 1. The number of para-hydroxylation sites is 1. The molecule has 0 saturated carbocycles. The van der Waals surface area contributed by atoms with Crippen molar-refractivity contribution >= 4 is 27.5 Å². The highest BCUT2D eigenvalue weighted by Gasteiger charge is 2.23. The molecule has 0 bridgehead atoms. The quantitative estimate of drug-likeness (QED) is 0.537. The lowest BCUT2D eigenvalue weighted by Gasteiger charge is -2.34. The Hall–Kier alpha value is -3.11. The lowest BCUT2D eigenvalue weighted by atomic mass is 10.2. The molecule has 1 aromatic carbocycles. The second-order valence-electron chi connectivity index (χ2n) is 7.47. The van der Waals surface area contributed by atoms with E-state index in [2.05, 4.69) is 30.3 Å². The average Bonchev–Trinajstić information content (AvgIpc) is 3.34. The highest BCUT2D eigenvalue weighted by molar-refractivity contribution is 7.18. The van der Waals surface area contributed by atoms with Gasteiger partial charge in [-0.3, -0.25) is 9.69 Å². The summed E-state index contributed by atoms with van der Waals surface area (Å²) in [6, 6.07) is 9.89. The maximum Gasteiger partial charge on any atom is 0.259 e. The van der Waals surface area contributed by atoms with Crippen molar-refractivity contribution in [2.24, 2.45) is 0 Å². The smallest absolute Gasteiger partial charge is 0.259 e. The summed E-state index contributed by atoms with van der Waals surface area (Å²) in [5.41, 5.74) is 1.93. The van der Waals surface area contributed by atoms with Crippen LogP contribution in [-0.2, 0) is 6.54 Å². The molecule has 1 fully saturated rings. The molecule has 4 aromatic rings. The summed E-state index contributed by atoms with van der Waals surface area (Å²) >= 11 is 1.58. The largest absolute Gasteiger partial charge is 0.337 e. The van der Waals surface area contributed by atoms with Crippen LogP contribution in [0.4, 0.5) is 5.95 Å². The molecular formula is C20H22N8OS. The minimum atomic E-state index is -0.0440. The third-order valence-corrected chi connectivity index (χ3v) is 6.67. The molecule has 9 nitrogen and oxygen atoms in total. The summed E-state index contributed by atoms with van der Waals surface area (Å²) in [4.78, 5) is 26.6. The monoisotopic (exact) mass is 422 g/mol. The number of benzene rings is 1. The lowest BCUT2D eigenvalue weighted by molar-refractivity contribution is 0.242. The average molecular weight is 423 g/mol. The van der Waals surface area contributed by atoms with Crippen molar-refractivity contribution in [1.82, 2.24) is 35.1 Å². The Labute approximate surface area is 177 Å². The summed E-state index contributed by atoms with van der Waals surface area (Å²) in [7, 11) is 0. The Bertz CT molecular complexity index is 1240. The van der Waals surface area contributed by atoms with Crippen molar-refractivity contribution in [3.05, 3.63) is 57.0 Å². The van der Waals surface area contributed by atoms with E-state index in [0.717, 1.165) is 64.3 Å². The topological polar surface area (TPSA) is 95.8 Å². The minimum absolute atomic E-state index is 0.0440. The molecule has 4 heterocycles. The van der Waals surface area contributed by atoms with E-state index < -0.39 is 0 Å². The van der Waals surface area contributed by atoms with Gasteiger partial charge in [-0.1, -0.05) is 23.3 Å². The van der Waals surface area contributed by atoms with E-state index in [-0.39, 0.29) is 5.56 Å². The fraction of sp³-hybridized carbons (Fsp3) is 0.350. The van der Waals surface area contributed by atoms with E-state index in [1.807, 2.05) is 44.2 Å². The van der Waals surface area contributed by atoms with Gasteiger partial charge in [0, 0.05) is 31.1 Å². The second kappa shape index (κ2) is 7.62. The van der Waals surface area contributed by atoms with Crippen molar-refractivity contribution in [2.45, 2.75) is 20.4 Å². The number of hydrogen-bond acceptors (Lipinski definition) is 8. The first kappa shape index (κ1) is 18.9. The van der Waals surface area contributed by atoms with Crippen LogP contribution in [-0.4, -0.2) is 61.3 Å². The van der Waals surface area contributed by atoms with Gasteiger partial charge in [0.25, 0.3) is 5.56 Å². The van der Waals surface area contributed by atoms with Crippen LogP contribution < -0.4 is 10.5 Å². The van der Waals surface area contributed by atoms with Gasteiger partial charge in [-0.2, -0.15) is 4.68 Å². The van der Waals surface area contributed by atoms with Gasteiger partial charge in [0.1, 0.15) is 10.7 Å². The molecule has 0 amide bonds. The standard InChI is InChI=1S/C20H22N8OS/c1-13-14(2)30-19-17(13)18(29)21-16(22-19)12-26-8-10-27(11-9-26)20-23-24-25-28(20)15-6-4-3-5-7-15/h3-7H,8-12H2,1-2H3,(H,21,22,29). The van der Waals surface area contributed by atoms with Crippen LogP contribution in [0, 0.1) is 13.8 Å². The highest BCUT2D eigenvalue weighted by atomic mass is 32.1. The predicted octanol–water partition coefficient (Wildman–Crippen LogP) is 1.90. The van der Waals surface area contributed by atoms with E-state index in [0.29, 0.717) is 6.54 Å². The first-order chi connectivity index (χ1) is 14.6. The molecule has 10 heteroatoms. The Balaban J connectivity index is 1.29. The molecule has 1 saturated heterocycles. The zero-order chi connectivity index (χ0) is 20.7. The van der Waals surface area contributed by atoms with Gasteiger partial charge in [0.2, 0.25) is 5.95 Å². The van der Waals surface area contributed by atoms with E-state index in [1.54, 1.807) is 16.0 Å². The Morgan fingerprint density at radius 2 is 1.87 bits per heavy atom. The van der Waals surface area contributed by atoms with Crippen LogP contribution in [0.2, 0.25) is 0 Å². The van der Waals surface area contributed by atoms with Crippen molar-refractivity contribution in [3.63, 3.8) is 0 Å². The number of nitrogens with one attached hydrogen (secondary N) is 1. The molecule has 1 aliphatic heterocycles. The maximum absolute atomic E-state index is 12.5. The van der Waals surface area contributed by atoms with Crippen LogP contribution in [0.5, 0.6) is 0 Å². The van der Waals surface area contributed by atoms with E-state index in [1.165, 1.54) is 0 Å². The van der Waals surface area contributed by atoms with Gasteiger partial charge in [0.15, 0.2) is 0 Å². The van der Waals surface area contributed by atoms with Crippen molar-refractivity contribution < 1.29 is 0 Å². The molecule has 1 N–H and O–H groups in total. The van der Waals surface area contributed by atoms with Crippen LogP contribution in [0.25, 0.3) is 15.9 Å². The molecule has 154 valence electrons. The van der Waals surface area contributed by atoms with Gasteiger partial charge >= 0.3 is 0 Å². The molecule has 30 heavy (non-hydrogen) atoms. The highest BCUT2D eigenvalue weighted by Crippen LogP contribution is 2.26. The number of nitrogens with zero attached hydrogens (tertiary/aromatic N) is 7. The molecule has 0 radical (unpaired) electrons.